The molecule has 0 saturated heterocycles. The summed E-state index contributed by atoms with van der Waals surface area (Å²) in [5.74, 6) is -0.336. The predicted molar refractivity (Wildman–Crippen MR) is 120 cm³/mol. The number of rotatable bonds is 2. The summed E-state index contributed by atoms with van der Waals surface area (Å²) in [5, 5.41) is 2.94. The van der Waals surface area contributed by atoms with Gasteiger partial charge in [-0.15, -0.1) is 0 Å². The average Bonchev–Trinajstić information content (AvgIpc) is 3.20. The monoisotopic (exact) mass is 411 g/mol. The lowest BCUT2D eigenvalue weighted by Crippen LogP contribution is -2.37. The summed E-state index contributed by atoms with van der Waals surface area (Å²) in [4.78, 5) is 15.3. The number of carbonyl (C=O) groups excluding carboxylic acids is 1. The quantitative estimate of drug-likeness (QED) is 0.428. The second kappa shape index (κ2) is 7.76. The molecule has 2 amide bonds. The lowest BCUT2D eigenvalue weighted by Gasteiger charge is -2.31. The number of para-hydroxylation sites is 1. The van der Waals surface area contributed by atoms with Crippen molar-refractivity contribution < 1.29 is 9.18 Å². The highest BCUT2D eigenvalue weighted by atomic mass is 19.1. The molecule has 1 N–H and O–H groups in total. The van der Waals surface area contributed by atoms with Gasteiger partial charge in [-0.3, -0.25) is 0 Å². The van der Waals surface area contributed by atoms with Gasteiger partial charge in [-0.2, -0.15) is 0 Å². The zero-order valence-corrected chi connectivity index (χ0v) is 17.1. The van der Waals surface area contributed by atoms with Gasteiger partial charge in [0.1, 0.15) is 5.82 Å². The molecular formula is C26H22FN3O. The predicted octanol–water partition coefficient (Wildman–Crippen LogP) is 6.06. The van der Waals surface area contributed by atoms with Crippen LogP contribution in [-0.4, -0.2) is 15.5 Å². The van der Waals surface area contributed by atoms with Gasteiger partial charge < -0.3 is 14.8 Å². The van der Waals surface area contributed by atoms with Crippen molar-refractivity contribution in [1.82, 2.24) is 9.47 Å². The summed E-state index contributed by atoms with van der Waals surface area (Å²) in [6.45, 7) is 2.50. The van der Waals surface area contributed by atoms with E-state index < -0.39 is 0 Å². The fourth-order valence-electron chi connectivity index (χ4n) is 4.17. The second-order valence-electron chi connectivity index (χ2n) is 7.81. The smallest absolute Gasteiger partial charge is 0.318 e. The Labute approximate surface area is 180 Å². The molecule has 5 rings (SSSR count). The van der Waals surface area contributed by atoms with Gasteiger partial charge in [0, 0.05) is 17.6 Å². The van der Waals surface area contributed by atoms with E-state index in [1.165, 1.54) is 17.7 Å². The molecule has 0 saturated carbocycles. The number of hydrogen-bond acceptors (Lipinski definition) is 1. The molecule has 1 unspecified atom stereocenters. The number of benzene rings is 3. The van der Waals surface area contributed by atoms with Crippen LogP contribution in [0.15, 0.2) is 91.1 Å². The molecule has 31 heavy (non-hydrogen) atoms. The highest BCUT2D eigenvalue weighted by molar-refractivity contribution is 5.90. The molecule has 1 aromatic heterocycles. The Balaban J connectivity index is 1.62. The lowest BCUT2D eigenvalue weighted by molar-refractivity contribution is 0.194. The molecule has 0 aliphatic carbocycles. The fraction of sp³-hybridized carbons (Fsp3) is 0.115. The van der Waals surface area contributed by atoms with Crippen LogP contribution >= 0.6 is 0 Å². The van der Waals surface area contributed by atoms with Gasteiger partial charge in [-0.25, -0.2) is 9.18 Å². The average molecular weight is 411 g/mol. The standard InChI is InChI=1S/C26H22FN3O/c1-18-8-10-19(11-9-18)25-24-7-4-16-29(24)23-6-3-2-5-20(23)17-30(25)26(31)28-22-14-12-21(27)13-15-22/h2-16,25H,17H2,1H3,(H,28,31). The first-order chi connectivity index (χ1) is 15.1. The normalized spacial score (nSPS) is 15.0. The van der Waals surface area contributed by atoms with Crippen LogP contribution in [0.2, 0.25) is 0 Å². The summed E-state index contributed by atoms with van der Waals surface area (Å²) in [6, 6.07) is 25.8. The van der Waals surface area contributed by atoms with Gasteiger partial charge in [0.15, 0.2) is 0 Å². The van der Waals surface area contributed by atoms with Crippen LogP contribution in [-0.2, 0) is 6.54 Å². The van der Waals surface area contributed by atoms with Gasteiger partial charge in [0.2, 0.25) is 0 Å². The van der Waals surface area contributed by atoms with Crippen molar-refractivity contribution in [1.29, 1.82) is 0 Å². The number of nitrogens with zero attached hydrogens (tertiary/aromatic N) is 2. The van der Waals surface area contributed by atoms with Crippen molar-refractivity contribution in [3.8, 4) is 5.69 Å². The zero-order valence-electron chi connectivity index (χ0n) is 17.1. The van der Waals surface area contributed by atoms with Crippen LogP contribution in [0.4, 0.5) is 14.9 Å². The molecule has 1 aliphatic heterocycles. The van der Waals surface area contributed by atoms with Crippen molar-refractivity contribution in [2.75, 3.05) is 5.32 Å². The molecule has 0 fully saturated rings. The maximum Gasteiger partial charge on any atom is 0.322 e. The number of aryl methyl sites for hydroxylation is 1. The highest BCUT2D eigenvalue weighted by Crippen LogP contribution is 2.37. The molecule has 1 aliphatic rings. The van der Waals surface area contributed by atoms with E-state index in [0.717, 1.165) is 22.5 Å². The number of fused-ring (bicyclic) bond motifs is 3. The SMILES string of the molecule is Cc1ccc(C2c3cccn3-c3ccccc3CN2C(=O)Nc2ccc(F)cc2)cc1. The summed E-state index contributed by atoms with van der Waals surface area (Å²) in [6.07, 6.45) is 2.04. The maximum atomic E-state index is 13.5. The van der Waals surface area contributed by atoms with Crippen molar-refractivity contribution in [2.45, 2.75) is 19.5 Å². The summed E-state index contributed by atoms with van der Waals surface area (Å²) in [7, 11) is 0. The molecular weight excluding hydrogens is 389 g/mol. The third-order valence-corrected chi connectivity index (χ3v) is 5.71. The number of anilines is 1. The van der Waals surface area contributed by atoms with Gasteiger partial charge in [-0.05, 0) is 60.5 Å². The van der Waals surface area contributed by atoms with Crippen LogP contribution < -0.4 is 5.32 Å². The van der Waals surface area contributed by atoms with Crippen molar-refractivity contribution >= 4 is 11.7 Å². The molecule has 3 aromatic carbocycles. The molecule has 0 radical (unpaired) electrons. The van der Waals surface area contributed by atoms with Gasteiger partial charge in [-0.1, -0.05) is 48.0 Å². The highest BCUT2D eigenvalue weighted by Gasteiger charge is 2.32. The minimum absolute atomic E-state index is 0.235. The maximum absolute atomic E-state index is 13.5. The van der Waals surface area contributed by atoms with Crippen molar-refractivity contribution in [3.63, 3.8) is 0 Å². The molecule has 2 heterocycles. The molecule has 0 bridgehead atoms. The van der Waals surface area contributed by atoms with E-state index in [0.29, 0.717) is 12.2 Å². The first-order valence-electron chi connectivity index (χ1n) is 10.3. The Hall–Kier alpha value is -3.86. The van der Waals surface area contributed by atoms with Crippen LogP contribution in [0, 0.1) is 12.7 Å². The van der Waals surface area contributed by atoms with Crippen LogP contribution in [0.3, 0.4) is 0 Å². The van der Waals surface area contributed by atoms with Gasteiger partial charge >= 0.3 is 6.03 Å². The molecule has 1 atom stereocenters. The number of carbonyl (C=O) groups is 1. The number of amides is 2. The van der Waals surface area contributed by atoms with E-state index in [4.69, 9.17) is 0 Å². The van der Waals surface area contributed by atoms with Crippen LogP contribution in [0.1, 0.15) is 28.4 Å². The van der Waals surface area contributed by atoms with E-state index in [9.17, 15) is 9.18 Å². The molecule has 154 valence electrons. The van der Waals surface area contributed by atoms with Crippen molar-refractivity contribution in [3.05, 3.63) is 119 Å². The third kappa shape index (κ3) is 3.59. The molecule has 0 spiro atoms. The number of hydrogen-bond donors (Lipinski definition) is 1. The zero-order chi connectivity index (χ0) is 21.4. The lowest BCUT2D eigenvalue weighted by atomic mass is 10.0. The summed E-state index contributed by atoms with van der Waals surface area (Å²) >= 11 is 0. The topological polar surface area (TPSA) is 37.3 Å². The van der Waals surface area contributed by atoms with E-state index in [1.807, 2.05) is 29.3 Å². The third-order valence-electron chi connectivity index (χ3n) is 5.71. The summed E-state index contributed by atoms with van der Waals surface area (Å²) in [5.41, 5.74) is 5.90. The number of nitrogens with one attached hydrogen (secondary N) is 1. The van der Waals surface area contributed by atoms with E-state index >= 15 is 0 Å². The first kappa shape index (κ1) is 19.1. The van der Waals surface area contributed by atoms with Crippen LogP contribution in [0.5, 0.6) is 0 Å². The largest absolute Gasteiger partial charge is 0.322 e. The van der Waals surface area contributed by atoms with Gasteiger partial charge in [0.25, 0.3) is 0 Å². The molecule has 5 heteroatoms. The first-order valence-corrected chi connectivity index (χ1v) is 10.3. The number of aromatic nitrogens is 1. The van der Waals surface area contributed by atoms with Gasteiger partial charge in [0.05, 0.1) is 18.3 Å². The summed E-state index contributed by atoms with van der Waals surface area (Å²) < 4.78 is 15.5. The molecule has 4 nitrogen and oxygen atoms in total. The Morgan fingerprint density at radius 3 is 2.45 bits per heavy atom. The number of urea groups is 1. The Kier molecular flexibility index (Phi) is 4.79. The minimum Gasteiger partial charge on any atom is -0.318 e. The number of halogens is 1. The van der Waals surface area contributed by atoms with E-state index in [1.54, 1.807) is 12.1 Å². The Morgan fingerprint density at radius 1 is 0.935 bits per heavy atom. The van der Waals surface area contributed by atoms with Crippen LogP contribution in [0.25, 0.3) is 5.69 Å². The minimum atomic E-state index is -0.336. The van der Waals surface area contributed by atoms with Crippen molar-refractivity contribution in [2.24, 2.45) is 0 Å². The fourth-order valence-corrected chi connectivity index (χ4v) is 4.17. The van der Waals surface area contributed by atoms with E-state index in [2.05, 4.69) is 59.3 Å². The van der Waals surface area contributed by atoms with E-state index in [-0.39, 0.29) is 17.9 Å². The Bertz CT molecular complexity index is 1230. The Morgan fingerprint density at radius 2 is 1.68 bits per heavy atom. The molecule has 4 aromatic rings. The second-order valence-corrected chi connectivity index (χ2v) is 7.81.